The third-order valence-corrected chi connectivity index (χ3v) is 6.73. The van der Waals surface area contributed by atoms with Crippen LogP contribution in [0, 0.1) is 5.92 Å². The summed E-state index contributed by atoms with van der Waals surface area (Å²) in [4.78, 5) is 6.61. The molecule has 32 heavy (non-hydrogen) atoms. The molecule has 0 unspecified atom stereocenters. The number of alkyl halides is 2. The Hall–Kier alpha value is -2.26. The predicted molar refractivity (Wildman–Crippen MR) is 119 cm³/mol. The monoisotopic (exact) mass is 449 g/mol. The van der Waals surface area contributed by atoms with E-state index in [0.29, 0.717) is 29.1 Å². The maximum Gasteiger partial charge on any atom is 0.387 e. The van der Waals surface area contributed by atoms with Gasteiger partial charge >= 0.3 is 6.61 Å². The second-order valence-corrected chi connectivity index (χ2v) is 9.18. The molecule has 1 aliphatic heterocycles. The number of hydrogen-bond donors (Lipinski definition) is 1. The fourth-order valence-electron chi connectivity index (χ4n) is 5.11. The zero-order valence-electron chi connectivity index (χ0n) is 19.0. The molecule has 3 atom stereocenters. The number of nitrogens with zero attached hydrogens (tertiary/aromatic N) is 4. The minimum atomic E-state index is -2.96. The summed E-state index contributed by atoms with van der Waals surface area (Å²) < 4.78 is 37.6. The van der Waals surface area contributed by atoms with E-state index >= 15 is 0 Å². The summed E-state index contributed by atoms with van der Waals surface area (Å²) in [6.45, 7) is 7.27. The number of pyridine rings is 1. The summed E-state index contributed by atoms with van der Waals surface area (Å²) in [5.74, 6) is 0.723. The van der Waals surface area contributed by atoms with Crippen LogP contribution in [0.15, 0.2) is 18.3 Å². The molecular weight excluding hydrogens is 416 g/mol. The van der Waals surface area contributed by atoms with Crippen LogP contribution in [-0.4, -0.2) is 58.6 Å². The molecule has 1 saturated carbocycles. The first-order valence-electron chi connectivity index (χ1n) is 11.5. The number of rotatable bonds is 6. The first-order valence-corrected chi connectivity index (χ1v) is 11.5. The minimum Gasteiger partial charge on any atom is -0.431 e. The average Bonchev–Trinajstić information content (AvgIpc) is 3.21. The quantitative estimate of drug-likeness (QED) is 0.708. The van der Waals surface area contributed by atoms with Gasteiger partial charge in [0.2, 0.25) is 0 Å². The van der Waals surface area contributed by atoms with Crippen LogP contribution in [0.1, 0.15) is 57.7 Å². The van der Waals surface area contributed by atoms with Gasteiger partial charge in [0.1, 0.15) is 0 Å². The van der Waals surface area contributed by atoms with Crippen LogP contribution in [0.5, 0.6) is 5.75 Å². The lowest BCUT2D eigenvalue weighted by atomic mass is 9.75. The Morgan fingerprint density at radius 3 is 2.59 bits per heavy atom. The number of nitrogen functional groups attached to an aromatic ring is 1. The van der Waals surface area contributed by atoms with Crippen LogP contribution >= 0.6 is 0 Å². The van der Waals surface area contributed by atoms with Gasteiger partial charge in [0.05, 0.1) is 18.9 Å². The van der Waals surface area contributed by atoms with Crippen LogP contribution in [0.3, 0.4) is 0 Å². The Morgan fingerprint density at radius 2 is 1.94 bits per heavy atom. The zero-order valence-corrected chi connectivity index (χ0v) is 19.0. The van der Waals surface area contributed by atoms with Crippen molar-refractivity contribution in [3.8, 4) is 17.0 Å². The van der Waals surface area contributed by atoms with Crippen LogP contribution in [0.25, 0.3) is 11.3 Å². The Morgan fingerprint density at radius 1 is 1.19 bits per heavy atom. The lowest BCUT2D eigenvalue weighted by Gasteiger charge is -2.41. The van der Waals surface area contributed by atoms with Gasteiger partial charge in [0.25, 0.3) is 0 Å². The van der Waals surface area contributed by atoms with Crippen molar-refractivity contribution in [2.24, 2.45) is 5.92 Å². The number of anilines is 1. The second-order valence-electron chi connectivity index (χ2n) is 9.18. The molecular formula is C23H33F2N5O2. The van der Waals surface area contributed by atoms with Gasteiger partial charge in [0.15, 0.2) is 11.6 Å². The van der Waals surface area contributed by atoms with E-state index in [0.717, 1.165) is 45.6 Å². The molecule has 1 saturated heterocycles. The van der Waals surface area contributed by atoms with Gasteiger partial charge in [0, 0.05) is 48.5 Å². The van der Waals surface area contributed by atoms with Gasteiger partial charge < -0.3 is 15.2 Å². The SMILES string of the molecule is CC(C)n1nc(-c2cnc(N)c(OC(F)F)c2)cc1[C@@H]1CC[C@@H](N2CCOCC2)C[C@@H]1C. The highest BCUT2D eigenvalue weighted by Crippen LogP contribution is 2.41. The summed E-state index contributed by atoms with van der Waals surface area (Å²) in [5.41, 5.74) is 8.21. The van der Waals surface area contributed by atoms with Crippen molar-refractivity contribution < 1.29 is 18.3 Å². The van der Waals surface area contributed by atoms with Crippen molar-refractivity contribution in [2.45, 2.75) is 64.6 Å². The number of morpholine rings is 1. The number of hydrogen-bond acceptors (Lipinski definition) is 6. The lowest BCUT2D eigenvalue weighted by molar-refractivity contribution is -0.0494. The molecule has 2 aliphatic rings. The molecule has 0 spiro atoms. The van der Waals surface area contributed by atoms with Gasteiger partial charge in [-0.1, -0.05) is 6.92 Å². The molecule has 1 aliphatic carbocycles. The molecule has 4 rings (SSSR count). The molecule has 2 N–H and O–H groups in total. The summed E-state index contributed by atoms with van der Waals surface area (Å²) in [5, 5.41) is 4.81. The maximum absolute atomic E-state index is 12.7. The standard InChI is InChI=1S/C23H33F2N5O2/c1-14(2)30-20(18-5-4-17(10-15(18)3)29-6-8-31-9-7-29)12-19(28-30)16-11-21(32-23(24)25)22(26)27-13-16/h11-15,17-18,23H,4-10H2,1-3H3,(H2,26,27)/t15-,17+,18+/m0/s1. The summed E-state index contributed by atoms with van der Waals surface area (Å²) in [6, 6.07) is 4.36. The van der Waals surface area contributed by atoms with E-state index in [1.165, 1.54) is 11.8 Å². The molecule has 7 nitrogen and oxygen atoms in total. The van der Waals surface area contributed by atoms with Gasteiger partial charge in [-0.2, -0.15) is 13.9 Å². The molecule has 0 aromatic carbocycles. The smallest absolute Gasteiger partial charge is 0.387 e. The van der Waals surface area contributed by atoms with Crippen molar-refractivity contribution in [3.05, 3.63) is 24.0 Å². The first kappa shape index (κ1) is 22.9. The Kier molecular flexibility index (Phi) is 6.95. The van der Waals surface area contributed by atoms with Crippen molar-refractivity contribution in [1.29, 1.82) is 0 Å². The van der Waals surface area contributed by atoms with Crippen molar-refractivity contribution in [1.82, 2.24) is 19.7 Å². The fraction of sp³-hybridized carbons (Fsp3) is 0.652. The largest absolute Gasteiger partial charge is 0.431 e. The number of ether oxygens (including phenoxy) is 2. The molecule has 0 bridgehead atoms. The highest BCUT2D eigenvalue weighted by molar-refractivity contribution is 5.64. The zero-order chi connectivity index (χ0) is 22.8. The van der Waals surface area contributed by atoms with E-state index in [2.05, 4.69) is 46.1 Å². The van der Waals surface area contributed by atoms with Crippen molar-refractivity contribution >= 4 is 5.82 Å². The van der Waals surface area contributed by atoms with E-state index in [9.17, 15) is 8.78 Å². The number of halogens is 2. The van der Waals surface area contributed by atoms with Crippen molar-refractivity contribution in [3.63, 3.8) is 0 Å². The summed E-state index contributed by atoms with van der Waals surface area (Å²) in [6.07, 6.45) is 4.96. The lowest BCUT2D eigenvalue weighted by Crippen LogP contribution is -2.46. The number of nitrogens with two attached hydrogens (primary N) is 1. The fourth-order valence-corrected chi connectivity index (χ4v) is 5.11. The molecule has 176 valence electrons. The van der Waals surface area contributed by atoms with Crippen LogP contribution < -0.4 is 10.5 Å². The van der Waals surface area contributed by atoms with E-state index in [1.807, 2.05) is 0 Å². The molecule has 0 amide bonds. The Bertz CT molecular complexity index is 914. The number of aromatic nitrogens is 3. The molecule has 2 aromatic rings. The first-order chi connectivity index (χ1) is 15.3. The minimum absolute atomic E-state index is 0.0624. The highest BCUT2D eigenvalue weighted by Gasteiger charge is 2.34. The van der Waals surface area contributed by atoms with Crippen LogP contribution in [0.4, 0.5) is 14.6 Å². The maximum atomic E-state index is 12.7. The van der Waals surface area contributed by atoms with E-state index in [1.54, 1.807) is 6.20 Å². The van der Waals surface area contributed by atoms with Gasteiger partial charge in [-0.25, -0.2) is 4.98 Å². The third-order valence-electron chi connectivity index (χ3n) is 6.73. The Labute approximate surface area is 187 Å². The highest BCUT2D eigenvalue weighted by atomic mass is 19.3. The van der Waals surface area contributed by atoms with Gasteiger partial charge in [-0.3, -0.25) is 9.58 Å². The van der Waals surface area contributed by atoms with Gasteiger partial charge in [-0.15, -0.1) is 0 Å². The van der Waals surface area contributed by atoms with E-state index < -0.39 is 6.61 Å². The molecule has 0 radical (unpaired) electrons. The average molecular weight is 450 g/mol. The van der Waals surface area contributed by atoms with E-state index in [4.69, 9.17) is 15.6 Å². The molecule has 2 aromatic heterocycles. The Balaban J connectivity index is 1.58. The van der Waals surface area contributed by atoms with E-state index in [-0.39, 0.29) is 17.6 Å². The second kappa shape index (κ2) is 9.70. The predicted octanol–water partition coefficient (Wildman–Crippen LogP) is 4.31. The normalized spacial score (nSPS) is 24.9. The molecule has 2 fully saturated rings. The molecule has 3 heterocycles. The van der Waals surface area contributed by atoms with Crippen LogP contribution in [-0.2, 0) is 4.74 Å². The van der Waals surface area contributed by atoms with Gasteiger partial charge in [-0.05, 0) is 51.2 Å². The third kappa shape index (κ3) is 4.88. The van der Waals surface area contributed by atoms with Crippen molar-refractivity contribution in [2.75, 3.05) is 32.0 Å². The summed E-state index contributed by atoms with van der Waals surface area (Å²) in [7, 11) is 0. The summed E-state index contributed by atoms with van der Waals surface area (Å²) >= 11 is 0. The topological polar surface area (TPSA) is 78.4 Å². The molecule has 9 heteroatoms. The van der Waals surface area contributed by atoms with Crippen LogP contribution in [0.2, 0.25) is 0 Å².